The van der Waals surface area contributed by atoms with Gasteiger partial charge in [0.25, 0.3) is 0 Å². The quantitative estimate of drug-likeness (QED) is 0.531. The van der Waals surface area contributed by atoms with Gasteiger partial charge < -0.3 is 10.6 Å². The molecule has 0 atom stereocenters. The maximum Gasteiger partial charge on any atom is 0.313 e. The summed E-state index contributed by atoms with van der Waals surface area (Å²) >= 11 is 1.57. The normalized spacial score (nSPS) is 16.5. The number of anilines is 1. The molecule has 0 spiro atoms. The van der Waals surface area contributed by atoms with E-state index in [0.717, 1.165) is 35.5 Å². The van der Waals surface area contributed by atoms with Crippen LogP contribution in [0.25, 0.3) is 0 Å². The monoisotopic (exact) mass is 438 g/mol. The second kappa shape index (κ2) is 13.2. The first-order chi connectivity index (χ1) is 15.2. The van der Waals surface area contributed by atoms with Gasteiger partial charge in [-0.15, -0.1) is 0 Å². The van der Waals surface area contributed by atoms with Gasteiger partial charge >= 0.3 is 11.8 Å². The number of hydrogen-bond donors (Lipinski definition) is 2. The lowest BCUT2D eigenvalue weighted by Gasteiger charge is -2.19. The predicted molar refractivity (Wildman–Crippen MR) is 128 cm³/mol. The molecule has 1 fully saturated rings. The van der Waals surface area contributed by atoms with Crippen LogP contribution in [0.3, 0.4) is 0 Å². The summed E-state index contributed by atoms with van der Waals surface area (Å²) in [6.07, 6.45) is 13.1. The second-order valence-electron chi connectivity index (χ2n) is 8.30. The van der Waals surface area contributed by atoms with Crippen molar-refractivity contribution in [3.05, 3.63) is 54.6 Å². The number of benzene rings is 2. The molecule has 2 amide bonds. The van der Waals surface area contributed by atoms with E-state index in [-0.39, 0.29) is 6.04 Å². The van der Waals surface area contributed by atoms with E-state index in [1.54, 1.807) is 11.8 Å². The van der Waals surface area contributed by atoms with Gasteiger partial charge in [-0.25, -0.2) is 0 Å². The predicted octanol–water partition coefficient (Wildman–Crippen LogP) is 6.57. The summed E-state index contributed by atoms with van der Waals surface area (Å²) in [5, 5.41) is 5.82. The van der Waals surface area contributed by atoms with Crippen molar-refractivity contribution in [2.24, 2.45) is 0 Å². The molecule has 2 aromatic rings. The lowest BCUT2D eigenvalue weighted by Crippen LogP contribution is -2.42. The van der Waals surface area contributed by atoms with E-state index in [1.165, 1.54) is 44.9 Å². The molecule has 0 unspecified atom stereocenters. The van der Waals surface area contributed by atoms with E-state index in [4.69, 9.17) is 0 Å². The molecule has 0 heterocycles. The molecule has 5 heteroatoms. The topological polar surface area (TPSA) is 58.2 Å². The highest BCUT2D eigenvalue weighted by Gasteiger charge is 2.20. The number of hydrogen-bond acceptors (Lipinski definition) is 3. The fourth-order valence-corrected chi connectivity index (χ4v) is 4.93. The van der Waals surface area contributed by atoms with E-state index in [2.05, 4.69) is 10.6 Å². The van der Waals surface area contributed by atoms with Crippen LogP contribution in [0.15, 0.2) is 64.4 Å². The number of amides is 2. The SMILES string of the molecule is O=C(Nc1ccccc1Sc1ccccc1)C(=O)NC1CCCCCCCCCCC1. The Bertz CT molecular complexity index is 813. The number of carbonyl (C=O) groups excluding carboxylic acids is 2. The number of rotatable bonds is 4. The summed E-state index contributed by atoms with van der Waals surface area (Å²) in [5.41, 5.74) is 0.662. The maximum absolute atomic E-state index is 12.6. The Hall–Kier alpha value is -2.27. The minimum Gasteiger partial charge on any atom is -0.345 e. The van der Waals surface area contributed by atoms with Gasteiger partial charge in [-0.05, 0) is 37.1 Å². The minimum atomic E-state index is -0.591. The standard InChI is InChI=1S/C26H34N2O2S/c29-25(27-21-15-9-6-4-2-1-3-5-7-10-16-21)26(30)28-23-19-13-14-20-24(23)31-22-17-11-8-12-18-22/h8,11-14,17-21H,1-7,9-10,15-16H2,(H,27,29)(H,28,30). The van der Waals surface area contributed by atoms with E-state index in [0.29, 0.717) is 5.69 Å². The Balaban J connectivity index is 1.56. The van der Waals surface area contributed by atoms with Crippen LogP contribution < -0.4 is 10.6 Å². The van der Waals surface area contributed by atoms with Crippen molar-refractivity contribution in [3.63, 3.8) is 0 Å². The van der Waals surface area contributed by atoms with E-state index in [9.17, 15) is 9.59 Å². The Kier molecular flexibility index (Phi) is 9.97. The Labute approximate surface area is 190 Å². The molecular weight excluding hydrogens is 404 g/mol. The van der Waals surface area contributed by atoms with Gasteiger partial charge in [0, 0.05) is 15.8 Å². The third-order valence-electron chi connectivity index (χ3n) is 5.75. The highest BCUT2D eigenvalue weighted by Crippen LogP contribution is 2.33. The second-order valence-corrected chi connectivity index (χ2v) is 9.41. The van der Waals surface area contributed by atoms with Gasteiger partial charge in [0.15, 0.2) is 0 Å². The van der Waals surface area contributed by atoms with Gasteiger partial charge in [-0.3, -0.25) is 9.59 Å². The third-order valence-corrected chi connectivity index (χ3v) is 6.84. The van der Waals surface area contributed by atoms with Crippen LogP contribution >= 0.6 is 11.8 Å². The summed E-state index contributed by atoms with van der Waals surface area (Å²) < 4.78 is 0. The van der Waals surface area contributed by atoms with Crippen LogP contribution in [0, 0.1) is 0 Å². The first-order valence-corrected chi connectivity index (χ1v) is 12.5. The molecule has 1 aliphatic carbocycles. The highest BCUT2D eigenvalue weighted by atomic mass is 32.2. The van der Waals surface area contributed by atoms with Crippen molar-refractivity contribution in [1.82, 2.24) is 5.32 Å². The van der Waals surface area contributed by atoms with Crippen LogP contribution in [0.5, 0.6) is 0 Å². The summed E-state index contributed by atoms with van der Waals surface area (Å²) in [4.78, 5) is 27.3. The van der Waals surface area contributed by atoms with Crippen molar-refractivity contribution >= 4 is 29.3 Å². The molecule has 0 saturated heterocycles. The summed E-state index contributed by atoms with van der Waals surface area (Å²) in [5.74, 6) is -1.12. The molecule has 0 aliphatic heterocycles. The fraction of sp³-hybridized carbons (Fsp3) is 0.462. The Morgan fingerprint density at radius 1 is 0.677 bits per heavy atom. The summed E-state index contributed by atoms with van der Waals surface area (Å²) in [6.45, 7) is 0. The number of nitrogens with one attached hydrogen (secondary N) is 2. The molecule has 0 bridgehead atoms. The van der Waals surface area contributed by atoms with Crippen LogP contribution in [-0.2, 0) is 9.59 Å². The zero-order chi connectivity index (χ0) is 21.7. The van der Waals surface area contributed by atoms with Crippen LogP contribution in [-0.4, -0.2) is 17.9 Å². The molecule has 2 N–H and O–H groups in total. The zero-order valence-electron chi connectivity index (χ0n) is 18.3. The van der Waals surface area contributed by atoms with Crippen LogP contribution in [0.2, 0.25) is 0 Å². The van der Waals surface area contributed by atoms with Gasteiger partial charge in [0.2, 0.25) is 0 Å². The molecule has 166 valence electrons. The largest absolute Gasteiger partial charge is 0.345 e. The first-order valence-electron chi connectivity index (χ1n) is 11.7. The lowest BCUT2D eigenvalue weighted by atomic mass is 9.98. The maximum atomic E-state index is 12.6. The Morgan fingerprint density at radius 2 is 1.23 bits per heavy atom. The minimum absolute atomic E-state index is 0.0895. The smallest absolute Gasteiger partial charge is 0.313 e. The number of carbonyl (C=O) groups is 2. The van der Waals surface area contributed by atoms with E-state index >= 15 is 0 Å². The average molecular weight is 439 g/mol. The van der Waals surface area contributed by atoms with E-state index < -0.39 is 11.8 Å². The summed E-state index contributed by atoms with van der Waals surface area (Å²) in [7, 11) is 0. The zero-order valence-corrected chi connectivity index (χ0v) is 19.1. The van der Waals surface area contributed by atoms with Crippen molar-refractivity contribution < 1.29 is 9.59 Å². The molecule has 3 rings (SSSR count). The molecule has 31 heavy (non-hydrogen) atoms. The van der Waals surface area contributed by atoms with E-state index in [1.807, 2.05) is 54.6 Å². The Morgan fingerprint density at radius 3 is 1.87 bits per heavy atom. The fourth-order valence-electron chi connectivity index (χ4n) is 4.01. The third kappa shape index (κ3) is 8.41. The van der Waals surface area contributed by atoms with Gasteiger partial charge in [0.05, 0.1) is 5.69 Å². The molecule has 1 aliphatic rings. The van der Waals surface area contributed by atoms with Crippen molar-refractivity contribution in [2.75, 3.05) is 5.32 Å². The van der Waals surface area contributed by atoms with Gasteiger partial charge in [-0.1, -0.05) is 99.9 Å². The van der Waals surface area contributed by atoms with Crippen molar-refractivity contribution in [1.29, 1.82) is 0 Å². The molecule has 0 radical (unpaired) electrons. The molecule has 0 aromatic heterocycles. The average Bonchev–Trinajstić information content (AvgIpc) is 2.77. The molecule has 4 nitrogen and oxygen atoms in total. The van der Waals surface area contributed by atoms with Crippen LogP contribution in [0.4, 0.5) is 5.69 Å². The van der Waals surface area contributed by atoms with Gasteiger partial charge in [0.1, 0.15) is 0 Å². The van der Waals surface area contributed by atoms with Crippen molar-refractivity contribution in [3.8, 4) is 0 Å². The summed E-state index contributed by atoms with van der Waals surface area (Å²) in [6, 6.07) is 17.7. The molecule has 2 aromatic carbocycles. The molecular formula is C26H34N2O2S. The molecule has 1 saturated carbocycles. The highest BCUT2D eigenvalue weighted by molar-refractivity contribution is 7.99. The lowest BCUT2D eigenvalue weighted by molar-refractivity contribution is -0.136. The van der Waals surface area contributed by atoms with Crippen LogP contribution in [0.1, 0.15) is 70.6 Å². The first kappa shape index (κ1) is 23.4. The van der Waals surface area contributed by atoms with Crippen molar-refractivity contribution in [2.45, 2.75) is 86.5 Å². The number of para-hydroxylation sites is 1. The van der Waals surface area contributed by atoms with Gasteiger partial charge in [-0.2, -0.15) is 0 Å².